The lowest BCUT2D eigenvalue weighted by atomic mass is 10.0. The van der Waals surface area contributed by atoms with Crippen molar-refractivity contribution in [1.82, 2.24) is 0 Å². The van der Waals surface area contributed by atoms with E-state index in [-0.39, 0.29) is 31.1 Å². The molecule has 0 aliphatic rings. The summed E-state index contributed by atoms with van der Waals surface area (Å²) in [5, 5.41) is 0. The van der Waals surface area contributed by atoms with Gasteiger partial charge in [-0.2, -0.15) is 0 Å². The van der Waals surface area contributed by atoms with Gasteiger partial charge in [-0.05, 0) is 89.9 Å². The minimum absolute atomic E-state index is 0.0741. The number of ether oxygens (including phenoxy) is 3. The topological polar surface area (TPSA) is 78.9 Å². The third-order valence-electron chi connectivity index (χ3n) is 16.2. The molecule has 0 aromatic rings. The molecule has 0 spiro atoms. The lowest BCUT2D eigenvalue weighted by molar-refractivity contribution is -0.167. The molecule has 83 heavy (non-hydrogen) atoms. The molecule has 0 aromatic heterocycles. The van der Waals surface area contributed by atoms with Crippen LogP contribution < -0.4 is 0 Å². The molecule has 0 saturated carbocycles. The maximum Gasteiger partial charge on any atom is 0.306 e. The van der Waals surface area contributed by atoms with Crippen molar-refractivity contribution in [3.05, 3.63) is 72.9 Å². The maximum atomic E-state index is 12.9. The number of carbonyl (C=O) groups is 3. The van der Waals surface area contributed by atoms with Crippen molar-refractivity contribution in [2.75, 3.05) is 13.2 Å². The van der Waals surface area contributed by atoms with E-state index in [1.54, 1.807) is 0 Å². The molecule has 1 atom stereocenters. The van der Waals surface area contributed by atoms with Crippen LogP contribution in [-0.4, -0.2) is 37.2 Å². The average Bonchev–Trinajstić information content (AvgIpc) is 3.49. The highest BCUT2D eigenvalue weighted by Gasteiger charge is 2.19. The van der Waals surface area contributed by atoms with E-state index in [9.17, 15) is 14.4 Å². The second-order valence-corrected chi connectivity index (χ2v) is 24.5. The predicted molar refractivity (Wildman–Crippen MR) is 362 cm³/mol. The molecule has 0 heterocycles. The molecule has 0 radical (unpaired) electrons. The third-order valence-corrected chi connectivity index (χ3v) is 16.2. The number of rotatable bonds is 67. The number of hydrogen-bond acceptors (Lipinski definition) is 6. The Hall–Kier alpha value is -3.15. The minimum Gasteiger partial charge on any atom is -0.462 e. The molecule has 6 nitrogen and oxygen atoms in total. The van der Waals surface area contributed by atoms with Crippen LogP contribution in [0.4, 0.5) is 0 Å². The molecular weight excluding hydrogens is 1020 g/mol. The lowest BCUT2D eigenvalue weighted by Gasteiger charge is -2.18. The predicted octanol–water partition coefficient (Wildman–Crippen LogP) is 25.2. The number of carbonyl (C=O) groups excluding carboxylic acids is 3. The molecule has 0 N–H and O–H groups in total. The van der Waals surface area contributed by atoms with Gasteiger partial charge >= 0.3 is 17.9 Å². The molecule has 482 valence electrons. The van der Waals surface area contributed by atoms with Crippen LogP contribution in [0.5, 0.6) is 0 Å². The number of allylic oxidation sites excluding steroid dienone is 12. The van der Waals surface area contributed by atoms with E-state index in [0.717, 1.165) is 96.3 Å². The average molecular weight is 1160 g/mol. The highest BCUT2D eigenvalue weighted by atomic mass is 16.6. The molecule has 0 amide bonds. The van der Waals surface area contributed by atoms with Crippen molar-refractivity contribution < 1.29 is 28.6 Å². The highest BCUT2D eigenvalue weighted by molar-refractivity contribution is 5.71. The van der Waals surface area contributed by atoms with Crippen LogP contribution >= 0.6 is 0 Å². The van der Waals surface area contributed by atoms with E-state index in [1.807, 2.05) is 0 Å². The minimum atomic E-state index is -0.779. The Morgan fingerprint density at radius 1 is 0.253 bits per heavy atom. The van der Waals surface area contributed by atoms with E-state index >= 15 is 0 Å². The first kappa shape index (κ1) is 79.8. The summed E-state index contributed by atoms with van der Waals surface area (Å²) in [5.41, 5.74) is 0. The van der Waals surface area contributed by atoms with E-state index in [2.05, 4.69) is 93.7 Å². The smallest absolute Gasteiger partial charge is 0.306 e. The van der Waals surface area contributed by atoms with Crippen LogP contribution in [0, 0.1) is 0 Å². The molecule has 0 bridgehead atoms. The van der Waals surface area contributed by atoms with Crippen LogP contribution in [0.15, 0.2) is 72.9 Å². The van der Waals surface area contributed by atoms with Crippen molar-refractivity contribution in [1.29, 1.82) is 0 Å². The monoisotopic (exact) mass is 1160 g/mol. The van der Waals surface area contributed by atoms with Gasteiger partial charge in [-0.3, -0.25) is 14.4 Å². The maximum absolute atomic E-state index is 12.9. The Kier molecular flexibility index (Phi) is 68.6. The molecule has 0 saturated heterocycles. The van der Waals surface area contributed by atoms with Gasteiger partial charge in [-0.1, -0.05) is 344 Å². The van der Waals surface area contributed by atoms with Gasteiger partial charge in [0.05, 0.1) is 0 Å². The zero-order valence-corrected chi connectivity index (χ0v) is 55.5. The molecule has 0 aliphatic heterocycles. The van der Waals surface area contributed by atoms with E-state index < -0.39 is 6.10 Å². The fraction of sp³-hybridized carbons (Fsp3) is 0.805. The summed E-state index contributed by atoms with van der Waals surface area (Å²) in [5.74, 6) is -0.860. The third kappa shape index (κ3) is 69.5. The van der Waals surface area contributed by atoms with E-state index in [4.69, 9.17) is 14.2 Å². The zero-order valence-electron chi connectivity index (χ0n) is 55.5. The van der Waals surface area contributed by atoms with Crippen molar-refractivity contribution >= 4 is 17.9 Å². The van der Waals surface area contributed by atoms with Crippen molar-refractivity contribution in [2.24, 2.45) is 0 Å². The summed E-state index contributed by atoms with van der Waals surface area (Å²) in [7, 11) is 0. The van der Waals surface area contributed by atoms with Gasteiger partial charge in [-0.15, -0.1) is 0 Å². The van der Waals surface area contributed by atoms with Gasteiger partial charge in [0.2, 0.25) is 0 Å². The summed E-state index contributed by atoms with van der Waals surface area (Å²) >= 11 is 0. The van der Waals surface area contributed by atoms with Crippen molar-refractivity contribution in [3.8, 4) is 0 Å². The number of unbranched alkanes of at least 4 members (excludes halogenated alkanes) is 44. The molecule has 0 aromatic carbocycles. The summed E-state index contributed by atoms with van der Waals surface area (Å²) in [6, 6.07) is 0. The first-order valence-electron chi connectivity index (χ1n) is 36.4. The first-order valence-corrected chi connectivity index (χ1v) is 36.4. The zero-order chi connectivity index (χ0) is 59.9. The SMILES string of the molecule is CC/C=C\C/C=C\C/C=C\CCCCCCCCCC(=O)OC(COC(=O)CCCCCCCCCCCCCCCCC)COC(=O)CCCCCCCCCCCCCCCCCCCC/C=C\C/C=C\C/C=C\CCCCCCC. The Labute approximate surface area is 516 Å². The number of esters is 3. The fourth-order valence-electron chi connectivity index (χ4n) is 10.8. The van der Waals surface area contributed by atoms with Gasteiger partial charge in [0.25, 0.3) is 0 Å². The molecule has 6 heteroatoms. The Morgan fingerprint density at radius 2 is 0.470 bits per heavy atom. The second kappa shape index (κ2) is 71.3. The fourth-order valence-corrected chi connectivity index (χ4v) is 10.8. The standard InChI is InChI=1S/C77H138O6/c1-4-7-10-13-16-19-22-25-28-30-31-32-33-34-35-36-37-38-39-40-41-42-43-44-45-47-49-52-55-58-61-64-67-70-76(79)82-73-74(72-81-75(78)69-66-63-60-57-54-51-48-27-24-21-18-15-12-9-6-3)83-77(80)71-68-65-62-59-56-53-50-46-29-26-23-20-17-14-11-8-5-2/h8,11,17,20,22,25-26,29-31,33-34,74H,4-7,9-10,12-16,18-19,21,23-24,27-28,32,35-73H2,1-3H3/b11-8-,20-17-,25-22-,29-26-,31-30-,34-33-. The Balaban J connectivity index is 4.17. The van der Waals surface area contributed by atoms with Crippen LogP contribution in [0.25, 0.3) is 0 Å². The highest BCUT2D eigenvalue weighted by Crippen LogP contribution is 2.18. The van der Waals surface area contributed by atoms with Gasteiger partial charge in [-0.25, -0.2) is 0 Å². The Bertz CT molecular complexity index is 1520. The van der Waals surface area contributed by atoms with Crippen LogP contribution in [-0.2, 0) is 28.6 Å². The van der Waals surface area contributed by atoms with Gasteiger partial charge < -0.3 is 14.2 Å². The van der Waals surface area contributed by atoms with E-state index in [1.165, 1.54) is 244 Å². The summed E-state index contributed by atoms with van der Waals surface area (Å²) in [6.07, 6.45) is 93.7. The van der Waals surface area contributed by atoms with Gasteiger partial charge in [0.1, 0.15) is 13.2 Å². The van der Waals surface area contributed by atoms with E-state index in [0.29, 0.717) is 19.3 Å². The normalized spacial score (nSPS) is 12.5. The number of hydrogen-bond donors (Lipinski definition) is 0. The van der Waals surface area contributed by atoms with Crippen molar-refractivity contribution in [2.45, 2.75) is 386 Å². The van der Waals surface area contributed by atoms with Crippen LogP contribution in [0.1, 0.15) is 380 Å². The second-order valence-electron chi connectivity index (χ2n) is 24.5. The summed E-state index contributed by atoms with van der Waals surface area (Å²) in [4.78, 5) is 38.4. The molecule has 0 aliphatic carbocycles. The van der Waals surface area contributed by atoms with Gasteiger partial charge in [0.15, 0.2) is 6.10 Å². The largest absolute Gasteiger partial charge is 0.462 e. The van der Waals surface area contributed by atoms with Gasteiger partial charge in [0, 0.05) is 19.3 Å². The molecule has 0 rings (SSSR count). The molecule has 1 unspecified atom stereocenters. The Morgan fingerprint density at radius 3 is 0.735 bits per heavy atom. The summed E-state index contributed by atoms with van der Waals surface area (Å²) < 4.78 is 17.0. The van der Waals surface area contributed by atoms with Crippen molar-refractivity contribution in [3.63, 3.8) is 0 Å². The lowest BCUT2D eigenvalue weighted by Crippen LogP contribution is -2.30. The quantitative estimate of drug-likeness (QED) is 0.0261. The molecule has 0 fully saturated rings. The van der Waals surface area contributed by atoms with Crippen LogP contribution in [0.3, 0.4) is 0 Å². The molecular formula is C77H138O6. The van der Waals surface area contributed by atoms with Crippen LogP contribution in [0.2, 0.25) is 0 Å². The summed E-state index contributed by atoms with van der Waals surface area (Å²) in [6.45, 7) is 6.57. The first-order chi connectivity index (χ1) is 41.0.